The van der Waals surface area contributed by atoms with E-state index in [-0.39, 0.29) is 18.2 Å². The maximum Gasteiger partial charge on any atom is 0.127 e. The van der Waals surface area contributed by atoms with Gasteiger partial charge in [0.15, 0.2) is 0 Å². The van der Waals surface area contributed by atoms with Gasteiger partial charge in [0.05, 0.1) is 18.7 Å². The zero-order chi connectivity index (χ0) is 13.0. The summed E-state index contributed by atoms with van der Waals surface area (Å²) < 4.78 is 18.6. The molecule has 0 radical (unpaired) electrons. The molecule has 1 saturated heterocycles. The number of piperazine rings is 1. The van der Waals surface area contributed by atoms with Crippen LogP contribution in [0.1, 0.15) is 11.6 Å². The first-order valence-electron chi connectivity index (χ1n) is 6.14. The van der Waals surface area contributed by atoms with Crippen molar-refractivity contribution in [1.29, 1.82) is 0 Å². The van der Waals surface area contributed by atoms with Crippen LogP contribution >= 0.6 is 12.4 Å². The van der Waals surface area contributed by atoms with Crippen LogP contribution in [0.25, 0.3) is 0 Å². The van der Waals surface area contributed by atoms with Crippen molar-refractivity contribution in [3.8, 4) is 11.5 Å². The fourth-order valence-electron chi connectivity index (χ4n) is 2.40. The summed E-state index contributed by atoms with van der Waals surface area (Å²) in [7, 11) is 1.53. The lowest BCUT2D eigenvalue weighted by molar-refractivity contribution is 0.142. The molecule has 4 nitrogen and oxygen atoms in total. The number of alkyl halides is 1. The molecule has 0 aromatic heterocycles. The zero-order valence-electron chi connectivity index (χ0n) is 10.9. The van der Waals surface area contributed by atoms with Gasteiger partial charge in [-0.2, -0.15) is 0 Å². The molecule has 0 saturated carbocycles. The summed E-state index contributed by atoms with van der Waals surface area (Å²) in [5, 5.41) is 13.2. The highest BCUT2D eigenvalue weighted by Gasteiger charge is 2.27. The molecule has 1 heterocycles. The maximum atomic E-state index is 13.4. The quantitative estimate of drug-likeness (QED) is 0.887. The second-order valence-electron chi connectivity index (χ2n) is 4.35. The first-order valence-corrected chi connectivity index (χ1v) is 6.14. The number of methoxy groups -OCH3 is 1. The molecule has 1 fully saturated rings. The smallest absolute Gasteiger partial charge is 0.127 e. The first-order chi connectivity index (χ1) is 8.77. The van der Waals surface area contributed by atoms with Gasteiger partial charge in [-0.3, -0.25) is 4.90 Å². The fourth-order valence-corrected chi connectivity index (χ4v) is 2.40. The van der Waals surface area contributed by atoms with Crippen LogP contribution in [0.3, 0.4) is 0 Å². The Morgan fingerprint density at radius 2 is 2.11 bits per heavy atom. The minimum absolute atomic E-state index is 0. The summed E-state index contributed by atoms with van der Waals surface area (Å²) in [6, 6.07) is 4.58. The third kappa shape index (κ3) is 3.49. The topological polar surface area (TPSA) is 44.7 Å². The largest absolute Gasteiger partial charge is 0.507 e. The van der Waals surface area contributed by atoms with Crippen LogP contribution in [0.5, 0.6) is 11.5 Å². The van der Waals surface area contributed by atoms with E-state index in [2.05, 4.69) is 5.32 Å². The Balaban J connectivity index is 0.00000180. The van der Waals surface area contributed by atoms with Crippen molar-refractivity contribution >= 4 is 12.4 Å². The number of benzene rings is 1. The van der Waals surface area contributed by atoms with Crippen molar-refractivity contribution in [1.82, 2.24) is 10.2 Å². The number of hydrogen-bond acceptors (Lipinski definition) is 4. The van der Waals surface area contributed by atoms with Gasteiger partial charge in [-0.25, -0.2) is 4.39 Å². The summed E-state index contributed by atoms with van der Waals surface area (Å²) >= 11 is 0. The summed E-state index contributed by atoms with van der Waals surface area (Å²) in [5.74, 6) is 0.631. The van der Waals surface area contributed by atoms with E-state index in [1.807, 2.05) is 4.90 Å². The lowest BCUT2D eigenvalue weighted by Gasteiger charge is -2.34. The highest BCUT2D eigenvalue weighted by atomic mass is 35.5. The molecule has 19 heavy (non-hydrogen) atoms. The molecule has 2 rings (SSSR count). The number of halogens is 2. The molecule has 1 aliphatic heterocycles. The van der Waals surface area contributed by atoms with Crippen molar-refractivity contribution in [2.45, 2.75) is 6.04 Å². The van der Waals surface area contributed by atoms with Crippen molar-refractivity contribution in [2.75, 3.05) is 40.0 Å². The average molecular weight is 291 g/mol. The van der Waals surface area contributed by atoms with Gasteiger partial charge < -0.3 is 15.2 Å². The van der Waals surface area contributed by atoms with Crippen molar-refractivity contribution in [3.05, 3.63) is 23.8 Å². The van der Waals surface area contributed by atoms with E-state index < -0.39 is 12.7 Å². The first kappa shape index (κ1) is 16.0. The van der Waals surface area contributed by atoms with E-state index in [1.54, 1.807) is 18.2 Å². The number of aromatic hydroxyl groups is 1. The van der Waals surface area contributed by atoms with Gasteiger partial charge in [0.2, 0.25) is 0 Å². The molecule has 0 bridgehead atoms. The van der Waals surface area contributed by atoms with Crippen LogP contribution in [0.2, 0.25) is 0 Å². The molecule has 1 aromatic rings. The van der Waals surface area contributed by atoms with Gasteiger partial charge >= 0.3 is 0 Å². The van der Waals surface area contributed by atoms with Crippen LogP contribution in [-0.4, -0.2) is 50.0 Å². The summed E-state index contributed by atoms with van der Waals surface area (Å²) in [4.78, 5) is 2.04. The van der Waals surface area contributed by atoms with Gasteiger partial charge in [-0.15, -0.1) is 12.4 Å². The second-order valence-corrected chi connectivity index (χ2v) is 4.35. The Hall–Kier alpha value is -1.04. The number of nitrogens with zero attached hydrogens (tertiary/aromatic N) is 1. The van der Waals surface area contributed by atoms with Crippen LogP contribution in [0.15, 0.2) is 18.2 Å². The normalized spacial score (nSPS) is 17.6. The van der Waals surface area contributed by atoms with E-state index in [9.17, 15) is 9.50 Å². The molecular formula is C13H20ClFN2O2. The Labute approximate surface area is 119 Å². The molecule has 1 atom stereocenters. The predicted molar refractivity (Wildman–Crippen MR) is 75.1 cm³/mol. The predicted octanol–water partition coefficient (Wildman–Crippen LogP) is 1.74. The highest BCUT2D eigenvalue weighted by molar-refractivity contribution is 5.85. The van der Waals surface area contributed by atoms with E-state index in [4.69, 9.17) is 4.74 Å². The van der Waals surface area contributed by atoms with E-state index in [1.165, 1.54) is 7.11 Å². The van der Waals surface area contributed by atoms with Crippen LogP contribution < -0.4 is 10.1 Å². The number of ether oxygens (including phenoxy) is 1. The summed E-state index contributed by atoms with van der Waals surface area (Å²) in [5.41, 5.74) is 0.546. The lowest BCUT2D eigenvalue weighted by Crippen LogP contribution is -2.45. The van der Waals surface area contributed by atoms with Crippen LogP contribution in [0.4, 0.5) is 4.39 Å². The van der Waals surface area contributed by atoms with E-state index >= 15 is 0 Å². The Morgan fingerprint density at radius 3 is 2.68 bits per heavy atom. The van der Waals surface area contributed by atoms with Gasteiger partial charge in [0, 0.05) is 26.2 Å². The number of nitrogens with one attached hydrogen (secondary N) is 1. The summed E-state index contributed by atoms with van der Waals surface area (Å²) in [6.07, 6.45) is 0. The Bertz CT molecular complexity index is 400. The number of phenolic OH excluding ortho intramolecular Hbond substituents is 1. The van der Waals surface area contributed by atoms with Crippen molar-refractivity contribution in [3.63, 3.8) is 0 Å². The number of hydrogen-bond donors (Lipinski definition) is 2. The molecule has 0 aliphatic carbocycles. The molecule has 2 N–H and O–H groups in total. The third-order valence-corrected chi connectivity index (χ3v) is 3.33. The van der Waals surface area contributed by atoms with Gasteiger partial charge in [-0.1, -0.05) is 6.07 Å². The van der Waals surface area contributed by atoms with Crippen molar-refractivity contribution in [2.24, 2.45) is 0 Å². The molecule has 6 heteroatoms. The summed E-state index contributed by atoms with van der Waals surface area (Å²) in [6.45, 7) is 2.69. The molecule has 0 unspecified atom stereocenters. The molecule has 0 amide bonds. The molecule has 108 valence electrons. The third-order valence-electron chi connectivity index (χ3n) is 3.33. The monoisotopic (exact) mass is 290 g/mol. The Morgan fingerprint density at radius 1 is 1.42 bits per heavy atom. The van der Waals surface area contributed by atoms with Crippen molar-refractivity contribution < 1.29 is 14.2 Å². The maximum absolute atomic E-state index is 13.4. The minimum atomic E-state index is -0.534. The Kier molecular flexibility index (Phi) is 6.34. The van der Waals surface area contributed by atoms with E-state index in [0.717, 1.165) is 26.2 Å². The highest BCUT2D eigenvalue weighted by Crippen LogP contribution is 2.36. The average Bonchev–Trinajstić information content (AvgIpc) is 2.42. The molecule has 1 aliphatic rings. The van der Waals surface area contributed by atoms with Crippen LogP contribution in [0, 0.1) is 0 Å². The number of phenols is 1. The van der Waals surface area contributed by atoms with Crippen LogP contribution in [-0.2, 0) is 0 Å². The number of rotatable bonds is 4. The molecular weight excluding hydrogens is 271 g/mol. The van der Waals surface area contributed by atoms with Gasteiger partial charge in [-0.05, 0) is 12.1 Å². The molecule has 1 aromatic carbocycles. The standard InChI is InChI=1S/C13H19FN2O2.ClH/c1-18-12-4-2-3-11(17)13(12)10(9-14)16-7-5-15-6-8-16;/h2-4,10,15,17H,5-9H2,1H3;1H/t10-;/m0./s1. The fraction of sp³-hybridized carbons (Fsp3) is 0.538. The molecule has 0 spiro atoms. The van der Waals surface area contributed by atoms with Gasteiger partial charge in [0.25, 0.3) is 0 Å². The minimum Gasteiger partial charge on any atom is -0.507 e. The SMILES string of the molecule is COc1cccc(O)c1[C@H](CF)N1CCNCC1.Cl. The zero-order valence-corrected chi connectivity index (χ0v) is 11.8. The van der Waals surface area contributed by atoms with E-state index in [0.29, 0.717) is 11.3 Å². The second kappa shape index (κ2) is 7.53. The van der Waals surface area contributed by atoms with Gasteiger partial charge in [0.1, 0.15) is 18.2 Å². The lowest BCUT2D eigenvalue weighted by atomic mass is 10.0.